The largest absolute Gasteiger partial charge is 0.478 e. The fourth-order valence-electron chi connectivity index (χ4n) is 1.61. The lowest BCUT2D eigenvalue weighted by Gasteiger charge is -2.03. The zero-order valence-electron chi connectivity index (χ0n) is 9.51. The van der Waals surface area contributed by atoms with Crippen molar-refractivity contribution in [3.8, 4) is 0 Å². The summed E-state index contributed by atoms with van der Waals surface area (Å²) in [5.41, 5.74) is 1.90. The van der Waals surface area contributed by atoms with Crippen LogP contribution in [-0.2, 0) is 4.79 Å². The van der Waals surface area contributed by atoms with E-state index in [1.54, 1.807) is 6.08 Å². The molecule has 0 heterocycles. The van der Waals surface area contributed by atoms with Crippen LogP contribution in [0.3, 0.4) is 0 Å². The number of halogens is 1. The van der Waals surface area contributed by atoms with Crippen LogP contribution >= 0.6 is 22.6 Å². The first-order chi connectivity index (χ1) is 8.66. The highest BCUT2D eigenvalue weighted by Gasteiger charge is 2.09. The lowest BCUT2D eigenvalue weighted by molar-refractivity contribution is -0.130. The third-order valence-electron chi connectivity index (χ3n) is 2.50. The van der Waals surface area contributed by atoms with E-state index in [0.717, 1.165) is 9.13 Å². The summed E-state index contributed by atoms with van der Waals surface area (Å²) in [6.07, 6.45) is 1.69. The van der Waals surface area contributed by atoms with Crippen LogP contribution in [0.5, 0.6) is 0 Å². The van der Waals surface area contributed by atoms with Gasteiger partial charge in [0.15, 0.2) is 0 Å². The minimum Gasteiger partial charge on any atom is -0.478 e. The quantitative estimate of drug-likeness (QED) is 0.518. The molecule has 0 saturated heterocycles. The Bertz CT molecular complexity index is 571. The average molecular weight is 350 g/mol. The first-order valence-electron chi connectivity index (χ1n) is 5.43. The van der Waals surface area contributed by atoms with E-state index in [9.17, 15) is 9.90 Å². The van der Waals surface area contributed by atoms with Gasteiger partial charge in [-0.25, -0.2) is 4.79 Å². The number of carboxylic acids is 1. The van der Waals surface area contributed by atoms with E-state index in [4.69, 9.17) is 0 Å². The topological polar surface area (TPSA) is 37.3 Å². The van der Waals surface area contributed by atoms with Crippen LogP contribution in [0, 0.1) is 3.57 Å². The van der Waals surface area contributed by atoms with E-state index in [1.165, 1.54) is 0 Å². The zero-order chi connectivity index (χ0) is 13.0. The summed E-state index contributed by atoms with van der Waals surface area (Å²) in [5, 5.41) is 9.29. The van der Waals surface area contributed by atoms with Crippen LogP contribution in [0.2, 0.25) is 0 Å². The molecule has 0 radical (unpaired) electrons. The van der Waals surface area contributed by atoms with Crippen molar-refractivity contribution < 1.29 is 9.90 Å². The van der Waals surface area contributed by atoms with Crippen LogP contribution in [0.4, 0.5) is 0 Å². The molecule has 2 rings (SSSR count). The molecule has 0 saturated carbocycles. The molecule has 0 unspecified atom stereocenters. The second kappa shape index (κ2) is 5.82. The van der Waals surface area contributed by atoms with Crippen molar-refractivity contribution in [3.63, 3.8) is 0 Å². The Balaban J connectivity index is 2.44. The van der Waals surface area contributed by atoms with Gasteiger partial charge < -0.3 is 5.11 Å². The van der Waals surface area contributed by atoms with Crippen molar-refractivity contribution in [2.45, 2.75) is 0 Å². The summed E-state index contributed by atoms with van der Waals surface area (Å²) in [7, 11) is 0. The Labute approximate surface area is 119 Å². The van der Waals surface area contributed by atoms with Gasteiger partial charge in [-0.1, -0.05) is 42.5 Å². The fraction of sp³-hybridized carbons (Fsp3) is 0. The van der Waals surface area contributed by atoms with Gasteiger partial charge in [0.2, 0.25) is 0 Å². The molecule has 2 aromatic rings. The third kappa shape index (κ3) is 3.20. The summed E-state index contributed by atoms with van der Waals surface area (Å²) in [4.78, 5) is 11.3. The van der Waals surface area contributed by atoms with Crippen molar-refractivity contribution in [3.05, 3.63) is 69.3 Å². The molecule has 0 aliphatic rings. The third-order valence-corrected chi connectivity index (χ3v) is 3.22. The number of carbonyl (C=O) groups is 1. The smallest absolute Gasteiger partial charge is 0.336 e. The maximum Gasteiger partial charge on any atom is 0.336 e. The molecule has 0 aromatic heterocycles. The van der Waals surface area contributed by atoms with Gasteiger partial charge in [-0.15, -0.1) is 0 Å². The Morgan fingerprint density at radius 1 is 1.00 bits per heavy atom. The van der Waals surface area contributed by atoms with Crippen LogP contribution < -0.4 is 0 Å². The molecule has 18 heavy (non-hydrogen) atoms. The molecule has 1 N–H and O–H groups in total. The maximum atomic E-state index is 11.3. The summed E-state index contributed by atoms with van der Waals surface area (Å²) >= 11 is 2.19. The van der Waals surface area contributed by atoms with Crippen molar-refractivity contribution in [2.75, 3.05) is 0 Å². The van der Waals surface area contributed by atoms with E-state index in [1.807, 2.05) is 54.6 Å². The first kappa shape index (κ1) is 12.8. The molecular weight excluding hydrogens is 339 g/mol. The summed E-state index contributed by atoms with van der Waals surface area (Å²) < 4.78 is 1.08. The van der Waals surface area contributed by atoms with E-state index in [-0.39, 0.29) is 0 Å². The van der Waals surface area contributed by atoms with E-state index in [0.29, 0.717) is 11.1 Å². The van der Waals surface area contributed by atoms with Gasteiger partial charge in [0.05, 0.1) is 5.57 Å². The Morgan fingerprint density at radius 2 is 1.61 bits per heavy atom. The van der Waals surface area contributed by atoms with Crippen molar-refractivity contribution in [1.29, 1.82) is 0 Å². The molecule has 0 aliphatic carbocycles. The van der Waals surface area contributed by atoms with Crippen molar-refractivity contribution in [2.24, 2.45) is 0 Å². The van der Waals surface area contributed by atoms with Gasteiger partial charge in [0.1, 0.15) is 0 Å². The molecule has 3 heteroatoms. The highest BCUT2D eigenvalue weighted by Crippen LogP contribution is 2.19. The molecule has 0 atom stereocenters. The summed E-state index contributed by atoms with van der Waals surface area (Å²) in [5.74, 6) is -0.917. The predicted octanol–water partition coefficient (Wildman–Crippen LogP) is 3.92. The molecule has 0 aliphatic heterocycles. The fourth-order valence-corrected chi connectivity index (χ4v) is 1.97. The molecule has 0 spiro atoms. The monoisotopic (exact) mass is 350 g/mol. The van der Waals surface area contributed by atoms with Gasteiger partial charge in [0.25, 0.3) is 0 Å². The standard InChI is InChI=1S/C15H11IO2/c16-13-8-6-12(7-9-13)14(15(17)18)10-11-4-2-1-3-5-11/h1-10H,(H,17,18)/b14-10-. The van der Waals surface area contributed by atoms with Crippen LogP contribution in [-0.4, -0.2) is 11.1 Å². The molecule has 0 fully saturated rings. The first-order valence-corrected chi connectivity index (χ1v) is 6.50. The maximum absolute atomic E-state index is 11.3. The van der Waals surface area contributed by atoms with Crippen LogP contribution in [0.25, 0.3) is 11.6 Å². The van der Waals surface area contributed by atoms with Gasteiger partial charge in [-0.3, -0.25) is 0 Å². The van der Waals surface area contributed by atoms with Crippen LogP contribution in [0.15, 0.2) is 54.6 Å². The van der Waals surface area contributed by atoms with Gasteiger partial charge in [0, 0.05) is 3.57 Å². The highest BCUT2D eigenvalue weighted by atomic mass is 127. The van der Waals surface area contributed by atoms with Crippen LogP contribution in [0.1, 0.15) is 11.1 Å². The molecule has 2 nitrogen and oxygen atoms in total. The summed E-state index contributed by atoms with van der Waals surface area (Å²) in [6.45, 7) is 0. The number of hydrogen-bond donors (Lipinski definition) is 1. The number of benzene rings is 2. The average Bonchev–Trinajstić information content (AvgIpc) is 2.38. The Morgan fingerprint density at radius 3 is 2.17 bits per heavy atom. The molecular formula is C15H11IO2. The van der Waals surface area contributed by atoms with Crippen molar-refractivity contribution >= 4 is 40.2 Å². The number of rotatable bonds is 3. The van der Waals surface area contributed by atoms with Gasteiger partial charge >= 0.3 is 5.97 Å². The second-order valence-corrected chi connectivity index (χ2v) is 5.03. The molecule has 0 bridgehead atoms. The minimum atomic E-state index is -0.917. The second-order valence-electron chi connectivity index (χ2n) is 3.78. The molecule has 0 amide bonds. The Kier molecular flexibility index (Phi) is 4.15. The molecule has 90 valence electrons. The van der Waals surface area contributed by atoms with E-state index >= 15 is 0 Å². The SMILES string of the molecule is O=C(O)/C(=C\c1ccccc1)c1ccc(I)cc1. The predicted molar refractivity (Wildman–Crippen MR) is 81.1 cm³/mol. The Hall–Kier alpha value is -1.62. The minimum absolute atomic E-state index is 0.303. The molecule has 2 aromatic carbocycles. The van der Waals surface area contributed by atoms with Gasteiger partial charge in [-0.2, -0.15) is 0 Å². The summed E-state index contributed by atoms with van der Waals surface area (Å²) in [6, 6.07) is 16.9. The van der Waals surface area contributed by atoms with E-state index in [2.05, 4.69) is 22.6 Å². The van der Waals surface area contributed by atoms with E-state index < -0.39 is 5.97 Å². The highest BCUT2D eigenvalue weighted by molar-refractivity contribution is 14.1. The number of aliphatic carboxylic acids is 1. The van der Waals surface area contributed by atoms with Gasteiger partial charge in [-0.05, 0) is 51.9 Å². The number of hydrogen-bond acceptors (Lipinski definition) is 1. The zero-order valence-corrected chi connectivity index (χ0v) is 11.7. The normalized spacial score (nSPS) is 11.3. The lowest BCUT2D eigenvalue weighted by atomic mass is 10.0. The van der Waals surface area contributed by atoms with Crippen molar-refractivity contribution in [1.82, 2.24) is 0 Å². The number of carboxylic acid groups (broad SMARTS) is 1. The lowest BCUT2D eigenvalue weighted by Crippen LogP contribution is -1.99.